The molecular weight excluding hydrogens is 304 g/mol. The Morgan fingerprint density at radius 3 is 2.57 bits per heavy atom. The molecule has 1 aliphatic heterocycles. The number of nitrogens with zero attached hydrogens (tertiary/aromatic N) is 1. The van der Waals surface area contributed by atoms with Crippen molar-refractivity contribution in [3.63, 3.8) is 0 Å². The van der Waals surface area contributed by atoms with Crippen LogP contribution < -0.4 is 11.1 Å². The molecule has 1 fully saturated rings. The second-order valence-corrected chi connectivity index (χ2v) is 5.65. The largest absolute Gasteiger partial charge is 0.354 e. The lowest BCUT2D eigenvalue weighted by molar-refractivity contribution is -0.121. The zero-order valence-electron chi connectivity index (χ0n) is 12.9. The number of nitrogens with two attached hydrogens (primary N) is 1. The van der Waals surface area contributed by atoms with Gasteiger partial charge in [0.1, 0.15) is 11.6 Å². The number of nitrogens with one attached hydrogen (secondary N) is 1. The van der Waals surface area contributed by atoms with E-state index in [1.807, 2.05) is 0 Å². The molecule has 1 aromatic rings. The Morgan fingerprint density at radius 1 is 1.22 bits per heavy atom. The molecule has 0 spiro atoms. The van der Waals surface area contributed by atoms with Crippen molar-refractivity contribution in [3.8, 4) is 0 Å². The number of hydrogen-bond donors (Lipinski definition) is 2. The van der Waals surface area contributed by atoms with Crippen LogP contribution in [0.4, 0.5) is 8.78 Å². The average molecular weight is 325 g/mol. The monoisotopic (exact) mass is 325 g/mol. The first-order chi connectivity index (χ1) is 11.0. The normalized spacial score (nSPS) is 17.9. The summed E-state index contributed by atoms with van der Waals surface area (Å²) in [4.78, 5) is 25.7. The topological polar surface area (TPSA) is 75.4 Å². The van der Waals surface area contributed by atoms with Gasteiger partial charge in [0.15, 0.2) is 0 Å². The lowest BCUT2D eigenvalue weighted by Crippen LogP contribution is -2.49. The Balaban J connectivity index is 2.07. The van der Waals surface area contributed by atoms with Crippen LogP contribution in [0.25, 0.3) is 0 Å². The Bertz CT molecular complexity index is 560. The second-order valence-electron chi connectivity index (χ2n) is 5.65. The lowest BCUT2D eigenvalue weighted by atomic mass is 10.0. The van der Waals surface area contributed by atoms with Gasteiger partial charge in [0, 0.05) is 43.7 Å². The first-order valence-electron chi connectivity index (χ1n) is 7.75. The van der Waals surface area contributed by atoms with Crippen LogP contribution in [0.1, 0.15) is 36.0 Å². The second kappa shape index (κ2) is 8.01. The summed E-state index contributed by atoms with van der Waals surface area (Å²) in [6.45, 7) is 1.10. The number of halogens is 2. The third-order valence-corrected chi connectivity index (χ3v) is 3.90. The summed E-state index contributed by atoms with van der Waals surface area (Å²) in [7, 11) is 0. The predicted octanol–water partition coefficient (Wildman–Crippen LogP) is 1.42. The van der Waals surface area contributed by atoms with Crippen molar-refractivity contribution in [2.45, 2.75) is 31.7 Å². The number of rotatable bonds is 5. The molecule has 23 heavy (non-hydrogen) atoms. The summed E-state index contributed by atoms with van der Waals surface area (Å²) < 4.78 is 26.6. The van der Waals surface area contributed by atoms with Gasteiger partial charge in [-0.3, -0.25) is 9.59 Å². The van der Waals surface area contributed by atoms with Gasteiger partial charge in [-0.15, -0.1) is 0 Å². The Hall–Kier alpha value is -2.02. The highest BCUT2D eigenvalue weighted by Crippen LogP contribution is 2.20. The average Bonchev–Trinajstić information content (AvgIpc) is 2.52. The molecule has 1 aromatic carbocycles. The molecule has 2 amide bonds. The molecular formula is C16H21F2N3O2. The molecule has 0 radical (unpaired) electrons. The number of carbonyl (C=O) groups is 2. The zero-order chi connectivity index (χ0) is 16.8. The van der Waals surface area contributed by atoms with Crippen LogP contribution in [0.2, 0.25) is 0 Å². The number of amides is 2. The molecule has 1 saturated heterocycles. The highest BCUT2D eigenvalue weighted by molar-refractivity contribution is 5.94. The quantitative estimate of drug-likeness (QED) is 0.860. The Morgan fingerprint density at radius 2 is 1.91 bits per heavy atom. The molecule has 0 saturated carbocycles. The van der Waals surface area contributed by atoms with E-state index in [1.54, 1.807) is 4.90 Å². The van der Waals surface area contributed by atoms with Gasteiger partial charge in [-0.2, -0.15) is 0 Å². The summed E-state index contributed by atoms with van der Waals surface area (Å²) in [6.07, 6.45) is 2.75. The van der Waals surface area contributed by atoms with Crippen molar-refractivity contribution in [1.82, 2.24) is 10.2 Å². The van der Waals surface area contributed by atoms with E-state index in [0.717, 1.165) is 37.5 Å². The summed E-state index contributed by atoms with van der Waals surface area (Å²) in [5, 5.41) is 2.75. The smallest absolute Gasteiger partial charge is 0.254 e. The molecule has 2 rings (SSSR count). The van der Waals surface area contributed by atoms with Crippen LogP contribution in [-0.4, -0.2) is 42.4 Å². The fourth-order valence-electron chi connectivity index (χ4n) is 2.77. The van der Waals surface area contributed by atoms with E-state index in [9.17, 15) is 18.4 Å². The van der Waals surface area contributed by atoms with Gasteiger partial charge < -0.3 is 16.0 Å². The van der Waals surface area contributed by atoms with Crippen molar-refractivity contribution < 1.29 is 18.4 Å². The molecule has 1 atom stereocenters. The fraction of sp³-hybridized carbons (Fsp3) is 0.500. The maximum atomic E-state index is 13.3. The minimum absolute atomic E-state index is 0.0114. The van der Waals surface area contributed by atoms with Gasteiger partial charge in [-0.05, 0) is 31.4 Å². The maximum absolute atomic E-state index is 13.3. The molecule has 1 unspecified atom stereocenters. The van der Waals surface area contributed by atoms with E-state index in [4.69, 9.17) is 5.73 Å². The van der Waals surface area contributed by atoms with E-state index in [2.05, 4.69) is 5.32 Å². The number of likely N-dealkylation sites (tertiary alicyclic amines) is 1. The first kappa shape index (κ1) is 17.3. The van der Waals surface area contributed by atoms with Gasteiger partial charge in [-0.1, -0.05) is 0 Å². The van der Waals surface area contributed by atoms with Crippen molar-refractivity contribution in [2.24, 2.45) is 5.73 Å². The van der Waals surface area contributed by atoms with Crippen molar-refractivity contribution in [3.05, 3.63) is 35.4 Å². The van der Waals surface area contributed by atoms with E-state index in [1.165, 1.54) is 0 Å². The summed E-state index contributed by atoms with van der Waals surface area (Å²) in [5.74, 6) is -2.14. The van der Waals surface area contributed by atoms with Crippen molar-refractivity contribution >= 4 is 11.8 Å². The van der Waals surface area contributed by atoms with Gasteiger partial charge >= 0.3 is 0 Å². The zero-order valence-corrected chi connectivity index (χ0v) is 12.9. The number of carbonyl (C=O) groups excluding carboxylic acids is 2. The van der Waals surface area contributed by atoms with Gasteiger partial charge in [0.2, 0.25) is 5.91 Å². The molecule has 1 heterocycles. The summed E-state index contributed by atoms with van der Waals surface area (Å²) >= 11 is 0. The highest BCUT2D eigenvalue weighted by atomic mass is 19.1. The van der Waals surface area contributed by atoms with Crippen LogP contribution >= 0.6 is 0 Å². The first-order valence-corrected chi connectivity index (χ1v) is 7.75. The van der Waals surface area contributed by atoms with Crippen molar-refractivity contribution in [1.29, 1.82) is 0 Å². The van der Waals surface area contributed by atoms with E-state index in [-0.39, 0.29) is 30.5 Å². The Kier molecular flexibility index (Phi) is 6.04. The number of piperidine rings is 1. The van der Waals surface area contributed by atoms with E-state index in [0.29, 0.717) is 13.1 Å². The third kappa shape index (κ3) is 4.72. The van der Waals surface area contributed by atoms with Crippen LogP contribution in [0.5, 0.6) is 0 Å². The van der Waals surface area contributed by atoms with Crippen LogP contribution in [-0.2, 0) is 4.79 Å². The molecule has 126 valence electrons. The SMILES string of the molecule is NCCC(=O)NCC1CCCCN1C(=O)c1cc(F)cc(F)c1. The van der Waals surface area contributed by atoms with E-state index < -0.39 is 17.5 Å². The fourth-order valence-corrected chi connectivity index (χ4v) is 2.77. The standard InChI is InChI=1S/C16H21F2N3O2/c17-12-7-11(8-13(18)9-12)16(23)21-6-2-1-3-14(21)10-20-15(22)4-5-19/h7-9,14H,1-6,10,19H2,(H,20,22). The molecule has 0 bridgehead atoms. The summed E-state index contributed by atoms with van der Waals surface area (Å²) in [5.41, 5.74) is 5.31. The highest BCUT2D eigenvalue weighted by Gasteiger charge is 2.28. The maximum Gasteiger partial charge on any atom is 0.254 e. The van der Waals surface area contributed by atoms with Crippen LogP contribution in [0, 0.1) is 11.6 Å². The van der Waals surface area contributed by atoms with Crippen LogP contribution in [0.3, 0.4) is 0 Å². The molecule has 5 nitrogen and oxygen atoms in total. The minimum atomic E-state index is -0.779. The molecule has 0 aliphatic carbocycles. The Labute approximate surface area is 133 Å². The van der Waals surface area contributed by atoms with Gasteiger partial charge in [0.05, 0.1) is 0 Å². The number of benzene rings is 1. The molecule has 7 heteroatoms. The molecule has 0 aromatic heterocycles. The number of hydrogen-bond acceptors (Lipinski definition) is 3. The molecule has 3 N–H and O–H groups in total. The van der Waals surface area contributed by atoms with Crippen molar-refractivity contribution in [2.75, 3.05) is 19.6 Å². The van der Waals surface area contributed by atoms with Gasteiger partial charge in [0.25, 0.3) is 5.91 Å². The third-order valence-electron chi connectivity index (χ3n) is 3.90. The van der Waals surface area contributed by atoms with Crippen LogP contribution in [0.15, 0.2) is 18.2 Å². The van der Waals surface area contributed by atoms with E-state index >= 15 is 0 Å². The summed E-state index contributed by atoms with van der Waals surface area (Å²) in [6, 6.07) is 2.62. The minimum Gasteiger partial charge on any atom is -0.354 e. The predicted molar refractivity (Wildman–Crippen MR) is 81.7 cm³/mol. The lowest BCUT2D eigenvalue weighted by Gasteiger charge is -2.36. The van der Waals surface area contributed by atoms with Gasteiger partial charge in [-0.25, -0.2) is 8.78 Å². The molecule has 1 aliphatic rings.